The largest absolute Gasteiger partial charge is 0.392 e. The summed E-state index contributed by atoms with van der Waals surface area (Å²) in [5.41, 5.74) is 5.27. The summed E-state index contributed by atoms with van der Waals surface area (Å²) in [5, 5.41) is 13.3. The maximum Gasteiger partial charge on any atom is 0.238 e. The van der Waals surface area contributed by atoms with E-state index in [1.807, 2.05) is 13.8 Å². The van der Waals surface area contributed by atoms with Gasteiger partial charge in [-0.2, -0.15) is 11.8 Å². The number of hydrogen-bond donors (Lipinski definition) is 3. The fourth-order valence-corrected chi connectivity index (χ4v) is 4.25. The molecule has 5 heteroatoms. The minimum atomic E-state index is -0.463. The molecule has 0 aromatic rings. The zero-order valence-electron chi connectivity index (χ0n) is 12.6. The van der Waals surface area contributed by atoms with Crippen LogP contribution in [0.2, 0.25) is 0 Å². The molecule has 4 atom stereocenters. The van der Waals surface area contributed by atoms with Gasteiger partial charge in [-0.3, -0.25) is 4.79 Å². The molecule has 0 heterocycles. The van der Waals surface area contributed by atoms with E-state index in [1.54, 1.807) is 11.8 Å². The molecule has 2 aliphatic carbocycles. The zero-order valence-corrected chi connectivity index (χ0v) is 13.4. The van der Waals surface area contributed by atoms with Crippen LogP contribution in [0.4, 0.5) is 0 Å². The molecule has 4 nitrogen and oxygen atoms in total. The molecule has 2 fully saturated rings. The molecule has 0 aromatic carbocycles. The Morgan fingerprint density at radius 2 is 2.15 bits per heavy atom. The summed E-state index contributed by atoms with van der Waals surface area (Å²) in [4.78, 5) is 12.0. The third kappa shape index (κ3) is 3.68. The Balaban J connectivity index is 1.89. The third-order valence-corrected chi connectivity index (χ3v) is 6.22. The normalized spacial score (nSPS) is 33.0. The summed E-state index contributed by atoms with van der Waals surface area (Å²) in [5.74, 6) is 1.17. The number of nitrogens with one attached hydrogen (secondary N) is 1. The van der Waals surface area contributed by atoms with E-state index in [9.17, 15) is 9.90 Å². The van der Waals surface area contributed by atoms with Crippen molar-refractivity contribution >= 4 is 17.7 Å². The molecule has 0 aromatic heterocycles. The SMILES string of the molecule is CC(O)C(C)SCCC1CCCC1(NC1CC1)C(N)=O. The van der Waals surface area contributed by atoms with Gasteiger partial charge < -0.3 is 16.2 Å². The van der Waals surface area contributed by atoms with Crippen LogP contribution >= 0.6 is 11.8 Å². The molecule has 1 amide bonds. The van der Waals surface area contributed by atoms with E-state index >= 15 is 0 Å². The van der Waals surface area contributed by atoms with Gasteiger partial charge in [0.15, 0.2) is 0 Å². The van der Waals surface area contributed by atoms with Gasteiger partial charge in [-0.1, -0.05) is 13.3 Å². The summed E-state index contributed by atoms with van der Waals surface area (Å²) < 4.78 is 0. The molecular weight excluding hydrogens is 272 g/mol. The number of thioether (sulfide) groups is 1. The lowest BCUT2D eigenvalue weighted by Gasteiger charge is -2.34. The summed E-state index contributed by atoms with van der Waals surface area (Å²) in [6, 6.07) is 0.507. The highest BCUT2D eigenvalue weighted by Gasteiger charge is 2.49. The van der Waals surface area contributed by atoms with Crippen LogP contribution in [0.15, 0.2) is 0 Å². The first kappa shape index (κ1) is 16.1. The van der Waals surface area contributed by atoms with Gasteiger partial charge in [0.05, 0.1) is 6.10 Å². The second kappa shape index (κ2) is 6.67. The van der Waals surface area contributed by atoms with E-state index in [1.165, 1.54) is 12.8 Å². The summed E-state index contributed by atoms with van der Waals surface area (Å²) in [6.45, 7) is 3.88. The molecule has 2 aliphatic rings. The van der Waals surface area contributed by atoms with Crippen molar-refractivity contribution in [1.82, 2.24) is 5.32 Å². The highest BCUT2D eigenvalue weighted by molar-refractivity contribution is 7.99. The number of primary amides is 1. The van der Waals surface area contributed by atoms with Gasteiger partial charge >= 0.3 is 0 Å². The molecule has 4 N–H and O–H groups in total. The topological polar surface area (TPSA) is 75.3 Å². The fraction of sp³-hybridized carbons (Fsp3) is 0.933. The number of carbonyl (C=O) groups excluding carboxylic acids is 1. The number of aliphatic hydroxyl groups is 1. The number of rotatable bonds is 8. The summed E-state index contributed by atoms with van der Waals surface area (Å²) in [6.07, 6.45) is 6.14. The van der Waals surface area contributed by atoms with Crippen LogP contribution in [-0.2, 0) is 4.79 Å². The van der Waals surface area contributed by atoms with Crippen LogP contribution in [0.25, 0.3) is 0 Å². The van der Waals surface area contributed by atoms with Gasteiger partial charge in [-0.25, -0.2) is 0 Å². The van der Waals surface area contributed by atoms with E-state index in [-0.39, 0.29) is 17.3 Å². The van der Waals surface area contributed by atoms with E-state index in [0.717, 1.165) is 31.4 Å². The maximum atomic E-state index is 12.0. The lowest BCUT2D eigenvalue weighted by Crippen LogP contribution is -2.58. The van der Waals surface area contributed by atoms with E-state index in [2.05, 4.69) is 5.32 Å². The second-order valence-corrected chi connectivity index (χ2v) is 7.93. The summed E-state index contributed by atoms with van der Waals surface area (Å²) in [7, 11) is 0. The van der Waals surface area contributed by atoms with Crippen molar-refractivity contribution in [2.75, 3.05) is 5.75 Å². The molecule has 0 saturated heterocycles. The van der Waals surface area contributed by atoms with Crippen molar-refractivity contribution in [3.05, 3.63) is 0 Å². The first-order chi connectivity index (χ1) is 9.45. The molecule has 0 bridgehead atoms. The maximum absolute atomic E-state index is 12.0. The Labute approximate surface area is 126 Å². The van der Waals surface area contributed by atoms with Crippen molar-refractivity contribution in [3.63, 3.8) is 0 Å². The predicted octanol–water partition coefficient (Wildman–Crippen LogP) is 1.66. The molecule has 0 radical (unpaired) electrons. The molecule has 20 heavy (non-hydrogen) atoms. The first-order valence-corrected chi connectivity index (χ1v) is 8.88. The van der Waals surface area contributed by atoms with Crippen molar-refractivity contribution in [1.29, 1.82) is 0 Å². The van der Waals surface area contributed by atoms with Crippen LogP contribution in [0.3, 0.4) is 0 Å². The van der Waals surface area contributed by atoms with Crippen LogP contribution in [0.5, 0.6) is 0 Å². The zero-order chi connectivity index (χ0) is 14.8. The van der Waals surface area contributed by atoms with Gasteiger partial charge in [0.2, 0.25) is 5.91 Å². The molecular formula is C15H28N2O2S. The Hall–Kier alpha value is -0.260. The lowest BCUT2D eigenvalue weighted by atomic mass is 9.84. The number of nitrogens with two attached hydrogens (primary N) is 1. The second-order valence-electron chi connectivity index (χ2n) is 6.45. The Bertz CT molecular complexity index is 347. The minimum Gasteiger partial charge on any atom is -0.392 e. The highest BCUT2D eigenvalue weighted by atomic mass is 32.2. The first-order valence-electron chi connectivity index (χ1n) is 7.83. The number of hydrogen-bond acceptors (Lipinski definition) is 4. The molecule has 0 aliphatic heterocycles. The Morgan fingerprint density at radius 3 is 2.70 bits per heavy atom. The van der Waals surface area contributed by atoms with Crippen LogP contribution in [0, 0.1) is 5.92 Å². The standard InChI is InChI=1S/C15H28N2O2S/c1-10(18)11(2)20-9-7-12-4-3-8-15(12,14(16)19)17-13-5-6-13/h10-13,17-18H,3-9H2,1-2H3,(H2,16,19). The number of amides is 1. The van der Waals surface area contributed by atoms with E-state index in [4.69, 9.17) is 5.73 Å². The van der Waals surface area contributed by atoms with Gasteiger partial charge in [-0.05, 0) is 50.7 Å². The molecule has 116 valence electrons. The average molecular weight is 300 g/mol. The molecule has 2 saturated carbocycles. The van der Waals surface area contributed by atoms with E-state index in [0.29, 0.717) is 12.0 Å². The molecule has 4 unspecified atom stereocenters. The number of aliphatic hydroxyl groups excluding tert-OH is 1. The highest BCUT2D eigenvalue weighted by Crippen LogP contribution is 2.41. The van der Waals surface area contributed by atoms with Crippen LogP contribution < -0.4 is 11.1 Å². The van der Waals surface area contributed by atoms with Crippen LogP contribution in [0.1, 0.15) is 52.4 Å². The molecule has 2 rings (SSSR count). The van der Waals surface area contributed by atoms with Crippen molar-refractivity contribution in [2.45, 2.75) is 75.3 Å². The Kier molecular flexibility index (Phi) is 5.37. The fourth-order valence-electron chi connectivity index (χ4n) is 3.18. The monoisotopic (exact) mass is 300 g/mol. The van der Waals surface area contributed by atoms with Gasteiger partial charge in [-0.15, -0.1) is 0 Å². The van der Waals surface area contributed by atoms with E-state index < -0.39 is 5.54 Å². The van der Waals surface area contributed by atoms with Crippen molar-refractivity contribution in [3.8, 4) is 0 Å². The third-order valence-electron chi connectivity index (χ3n) is 4.83. The lowest BCUT2D eigenvalue weighted by molar-refractivity contribution is -0.126. The van der Waals surface area contributed by atoms with Gasteiger partial charge in [0.1, 0.15) is 5.54 Å². The van der Waals surface area contributed by atoms with Gasteiger partial charge in [0.25, 0.3) is 0 Å². The van der Waals surface area contributed by atoms with Gasteiger partial charge in [0, 0.05) is 11.3 Å². The quantitative estimate of drug-likeness (QED) is 0.637. The summed E-state index contributed by atoms with van der Waals surface area (Å²) >= 11 is 1.79. The van der Waals surface area contributed by atoms with Crippen molar-refractivity contribution < 1.29 is 9.90 Å². The smallest absolute Gasteiger partial charge is 0.238 e. The molecule has 0 spiro atoms. The predicted molar refractivity (Wildman–Crippen MR) is 83.6 cm³/mol. The Morgan fingerprint density at radius 1 is 1.45 bits per heavy atom. The van der Waals surface area contributed by atoms with Crippen molar-refractivity contribution in [2.24, 2.45) is 11.7 Å². The van der Waals surface area contributed by atoms with Crippen LogP contribution in [-0.4, -0.2) is 39.7 Å². The number of carbonyl (C=O) groups is 1. The minimum absolute atomic E-state index is 0.166. The average Bonchev–Trinajstić information content (AvgIpc) is 3.09.